The number of fused-ring (bicyclic) bond motifs is 1. The fourth-order valence-electron chi connectivity index (χ4n) is 5.43. The molecular weight excluding hydrogens is 256 g/mol. The van der Waals surface area contributed by atoms with Crippen LogP contribution in [0.1, 0.15) is 79.1 Å². The fraction of sp³-hybridized carbons (Fsp3) is 0.900. The molecule has 0 radical (unpaired) electrons. The molecule has 2 fully saturated rings. The predicted molar refractivity (Wildman–Crippen MR) is 91.2 cm³/mol. The topological polar surface area (TPSA) is 20.2 Å². The van der Waals surface area contributed by atoms with Gasteiger partial charge in [-0.3, -0.25) is 0 Å². The van der Waals surface area contributed by atoms with Gasteiger partial charge in [-0.15, -0.1) is 0 Å². The van der Waals surface area contributed by atoms with E-state index in [1.54, 1.807) is 5.57 Å². The zero-order chi connectivity index (χ0) is 15.5. The van der Waals surface area contributed by atoms with Gasteiger partial charge in [-0.2, -0.15) is 0 Å². The number of aliphatic hydroxyl groups excluding tert-OH is 1. The lowest BCUT2D eigenvalue weighted by atomic mass is 9.60. The van der Waals surface area contributed by atoms with Gasteiger partial charge in [0.25, 0.3) is 0 Å². The molecule has 1 N–H and O–H groups in total. The van der Waals surface area contributed by atoms with Gasteiger partial charge in [0.05, 0.1) is 6.61 Å². The summed E-state index contributed by atoms with van der Waals surface area (Å²) in [7, 11) is 0. The predicted octanol–water partition coefficient (Wildman–Crippen LogP) is 5.58. The molecule has 0 aliphatic heterocycles. The van der Waals surface area contributed by atoms with E-state index in [-0.39, 0.29) is 6.61 Å². The molecule has 2 aliphatic carbocycles. The molecule has 0 spiro atoms. The quantitative estimate of drug-likeness (QED) is 0.633. The van der Waals surface area contributed by atoms with Crippen LogP contribution in [-0.4, -0.2) is 11.7 Å². The van der Waals surface area contributed by atoms with Crippen LogP contribution in [0.15, 0.2) is 11.6 Å². The number of allylic oxidation sites excluding steroid dienone is 1. The number of hydrogen-bond acceptors (Lipinski definition) is 1. The van der Waals surface area contributed by atoms with Gasteiger partial charge in [-0.05, 0) is 61.2 Å². The van der Waals surface area contributed by atoms with Crippen molar-refractivity contribution in [3.63, 3.8) is 0 Å². The zero-order valence-electron chi connectivity index (χ0n) is 14.7. The molecule has 0 heterocycles. The summed E-state index contributed by atoms with van der Waals surface area (Å²) in [4.78, 5) is 0. The Morgan fingerprint density at radius 2 is 2.00 bits per heavy atom. The Kier molecular flexibility index (Phi) is 5.94. The highest BCUT2D eigenvalue weighted by Gasteiger charge is 2.50. The Balaban J connectivity index is 2.00. The Morgan fingerprint density at radius 3 is 2.67 bits per heavy atom. The highest BCUT2D eigenvalue weighted by atomic mass is 16.2. The van der Waals surface area contributed by atoms with Crippen molar-refractivity contribution < 1.29 is 5.11 Å². The molecule has 4 atom stereocenters. The summed E-state index contributed by atoms with van der Waals surface area (Å²) in [6, 6.07) is 0. The minimum absolute atomic E-state index is 0.233. The van der Waals surface area contributed by atoms with Gasteiger partial charge >= 0.3 is 0 Å². The molecule has 2 saturated carbocycles. The minimum atomic E-state index is 0.233. The van der Waals surface area contributed by atoms with Gasteiger partial charge in [0.1, 0.15) is 0 Å². The maximum Gasteiger partial charge on any atom is 0.0615 e. The molecule has 0 unspecified atom stereocenters. The van der Waals surface area contributed by atoms with Crippen LogP contribution in [0.4, 0.5) is 0 Å². The van der Waals surface area contributed by atoms with Crippen molar-refractivity contribution in [3.05, 3.63) is 11.6 Å². The molecule has 1 nitrogen and oxygen atoms in total. The Hall–Kier alpha value is -0.300. The normalized spacial score (nSPS) is 36.2. The summed E-state index contributed by atoms with van der Waals surface area (Å²) in [6.45, 7) is 9.97. The summed E-state index contributed by atoms with van der Waals surface area (Å²) in [5.41, 5.74) is 2.08. The third-order valence-electron chi connectivity index (χ3n) is 6.52. The van der Waals surface area contributed by atoms with Gasteiger partial charge in [-0.25, -0.2) is 0 Å². The lowest BCUT2D eigenvalue weighted by Gasteiger charge is -2.44. The molecule has 0 aromatic carbocycles. The molecule has 0 aromatic heterocycles. The molecule has 2 rings (SSSR count). The first-order chi connectivity index (χ1) is 9.99. The van der Waals surface area contributed by atoms with Crippen LogP contribution < -0.4 is 0 Å². The summed E-state index contributed by atoms with van der Waals surface area (Å²) < 4.78 is 0. The second-order valence-corrected chi connectivity index (χ2v) is 8.36. The molecule has 122 valence electrons. The first-order valence-corrected chi connectivity index (χ1v) is 9.28. The van der Waals surface area contributed by atoms with E-state index in [1.165, 1.54) is 51.4 Å². The van der Waals surface area contributed by atoms with Crippen molar-refractivity contribution in [3.8, 4) is 0 Å². The van der Waals surface area contributed by atoms with E-state index in [0.717, 1.165) is 23.7 Å². The van der Waals surface area contributed by atoms with Crippen LogP contribution in [0.2, 0.25) is 0 Å². The fourth-order valence-corrected chi connectivity index (χ4v) is 5.43. The Morgan fingerprint density at radius 1 is 1.24 bits per heavy atom. The minimum Gasteiger partial charge on any atom is -0.392 e. The van der Waals surface area contributed by atoms with Crippen LogP contribution in [0.3, 0.4) is 0 Å². The van der Waals surface area contributed by atoms with E-state index in [0.29, 0.717) is 5.41 Å². The molecule has 0 aromatic rings. The van der Waals surface area contributed by atoms with Crippen LogP contribution in [0.5, 0.6) is 0 Å². The van der Waals surface area contributed by atoms with Gasteiger partial charge in [-0.1, -0.05) is 58.6 Å². The van der Waals surface area contributed by atoms with Crippen LogP contribution >= 0.6 is 0 Å². The zero-order valence-corrected chi connectivity index (χ0v) is 14.7. The molecule has 21 heavy (non-hydrogen) atoms. The van der Waals surface area contributed by atoms with E-state index in [4.69, 9.17) is 0 Å². The number of hydrogen-bond donors (Lipinski definition) is 1. The summed E-state index contributed by atoms with van der Waals surface area (Å²) >= 11 is 0. The van der Waals surface area contributed by atoms with E-state index in [2.05, 4.69) is 33.8 Å². The molecule has 0 bridgehead atoms. The van der Waals surface area contributed by atoms with Gasteiger partial charge in [0.2, 0.25) is 0 Å². The van der Waals surface area contributed by atoms with E-state index in [9.17, 15) is 5.11 Å². The number of aliphatic hydroxyl groups is 1. The van der Waals surface area contributed by atoms with Gasteiger partial charge < -0.3 is 5.11 Å². The van der Waals surface area contributed by atoms with Crippen molar-refractivity contribution in [1.82, 2.24) is 0 Å². The largest absolute Gasteiger partial charge is 0.392 e. The van der Waals surface area contributed by atoms with Crippen molar-refractivity contribution in [2.24, 2.45) is 29.1 Å². The number of rotatable bonds is 6. The van der Waals surface area contributed by atoms with Crippen molar-refractivity contribution >= 4 is 0 Å². The molecule has 0 saturated heterocycles. The highest BCUT2D eigenvalue weighted by Crippen LogP contribution is 2.59. The van der Waals surface area contributed by atoms with E-state index >= 15 is 0 Å². The van der Waals surface area contributed by atoms with Crippen molar-refractivity contribution in [1.29, 1.82) is 0 Å². The van der Waals surface area contributed by atoms with Crippen LogP contribution in [0.25, 0.3) is 0 Å². The molecule has 1 heteroatoms. The van der Waals surface area contributed by atoms with Crippen LogP contribution in [-0.2, 0) is 0 Å². The third-order valence-corrected chi connectivity index (χ3v) is 6.52. The third kappa shape index (κ3) is 3.73. The van der Waals surface area contributed by atoms with E-state index in [1.807, 2.05) is 0 Å². The lowest BCUT2D eigenvalue weighted by Crippen LogP contribution is -2.36. The first kappa shape index (κ1) is 17.1. The standard InChI is InChI=1S/C20H36O/c1-15(2)7-5-8-16(3)18-10-11-19-17(12-14-21)9-6-13-20(18,19)4/h12,15-16,18-19,21H,5-11,13-14H2,1-4H3/b17-12+/t16-,18-,19+,20-/m1/s1. The average molecular weight is 293 g/mol. The summed E-state index contributed by atoms with van der Waals surface area (Å²) in [6.07, 6.45) is 13.0. The van der Waals surface area contributed by atoms with Crippen molar-refractivity contribution in [2.45, 2.75) is 79.1 Å². The van der Waals surface area contributed by atoms with Crippen LogP contribution in [0, 0.1) is 29.1 Å². The summed E-state index contributed by atoms with van der Waals surface area (Å²) in [5, 5.41) is 9.29. The summed E-state index contributed by atoms with van der Waals surface area (Å²) in [5.74, 6) is 3.37. The van der Waals surface area contributed by atoms with Gasteiger partial charge in [0, 0.05) is 0 Å². The van der Waals surface area contributed by atoms with Crippen molar-refractivity contribution in [2.75, 3.05) is 6.61 Å². The monoisotopic (exact) mass is 292 g/mol. The first-order valence-electron chi connectivity index (χ1n) is 9.28. The Bertz CT molecular complexity index is 357. The Labute approximate surface area is 132 Å². The second kappa shape index (κ2) is 7.31. The molecule has 0 amide bonds. The maximum absolute atomic E-state index is 9.29. The average Bonchev–Trinajstić information content (AvgIpc) is 2.76. The van der Waals surface area contributed by atoms with Gasteiger partial charge in [0.15, 0.2) is 0 Å². The SMILES string of the molecule is CC(C)CCC[C@@H](C)[C@H]1CC[C@H]2/C(=C/CO)CCC[C@]12C. The maximum atomic E-state index is 9.29. The molecular formula is C20H36O. The second-order valence-electron chi connectivity index (χ2n) is 8.36. The van der Waals surface area contributed by atoms with E-state index < -0.39 is 0 Å². The molecule has 2 aliphatic rings. The highest BCUT2D eigenvalue weighted by molar-refractivity contribution is 5.18. The smallest absolute Gasteiger partial charge is 0.0615 e. The lowest BCUT2D eigenvalue weighted by molar-refractivity contribution is 0.0923.